The van der Waals surface area contributed by atoms with Gasteiger partial charge in [0, 0.05) is 5.75 Å². The highest BCUT2D eigenvalue weighted by Gasteiger charge is 2.34. The lowest BCUT2D eigenvalue weighted by Crippen LogP contribution is -2.56. The number of thioether (sulfide) groups is 1. The third-order valence-electron chi connectivity index (χ3n) is 2.19. The van der Waals surface area contributed by atoms with Crippen molar-refractivity contribution in [3.63, 3.8) is 0 Å². The molecule has 2 radical (unpaired) electrons. The normalized spacial score (nSPS) is 17.1. The zero-order valence-electron chi connectivity index (χ0n) is 12.4. The summed E-state index contributed by atoms with van der Waals surface area (Å²) in [7, 11) is 8.22. The molecule has 2 atom stereocenters. The Morgan fingerprint density at radius 2 is 2.32 bits per heavy atom. The first kappa shape index (κ1) is 20.3. The number of nitrogens with two attached hydrogens (primary N) is 1. The minimum Gasteiger partial charge on any atom is -0.415 e. The lowest BCUT2D eigenvalue weighted by molar-refractivity contribution is -0.110. The van der Waals surface area contributed by atoms with E-state index < -0.39 is 19.8 Å². The van der Waals surface area contributed by atoms with Crippen LogP contribution in [0.4, 0.5) is 4.79 Å². The molecule has 4 N–H and O–H groups in total. The fraction of sp³-hybridized carbons (Fsp3) is 0.750. The molecular formula is C8H19B2N5O4P2S. The van der Waals surface area contributed by atoms with Crippen LogP contribution in [-0.4, -0.2) is 63.8 Å². The molecule has 2 unspecified atom stereocenters. The van der Waals surface area contributed by atoms with Crippen LogP contribution in [0.5, 0.6) is 0 Å². The number of hydrogen-bond acceptors (Lipinski definition) is 9. The van der Waals surface area contributed by atoms with E-state index in [0.717, 1.165) is 18.7 Å². The van der Waals surface area contributed by atoms with E-state index >= 15 is 0 Å². The quantitative estimate of drug-likeness (QED) is 0.168. The van der Waals surface area contributed by atoms with E-state index in [1.165, 1.54) is 11.8 Å². The molecule has 1 heterocycles. The minimum atomic E-state index is -0.697. The molecule has 9 nitrogen and oxygen atoms in total. The Labute approximate surface area is 139 Å². The number of carbonyl (C=O) groups is 1. The van der Waals surface area contributed by atoms with E-state index in [1.807, 2.05) is 14.1 Å². The largest absolute Gasteiger partial charge is 0.564 e. The Kier molecular flexibility index (Phi) is 10.8. The number of amides is 1. The van der Waals surface area contributed by atoms with Crippen LogP contribution in [0.2, 0.25) is 0 Å². The van der Waals surface area contributed by atoms with Crippen molar-refractivity contribution in [3.8, 4) is 0 Å². The van der Waals surface area contributed by atoms with Gasteiger partial charge in [-0.05, 0) is 35.8 Å². The fourth-order valence-electron chi connectivity index (χ4n) is 1.27. The molecule has 1 rings (SSSR count). The van der Waals surface area contributed by atoms with Gasteiger partial charge in [0.15, 0.2) is 14.4 Å². The second kappa shape index (κ2) is 11.7. The van der Waals surface area contributed by atoms with Crippen molar-refractivity contribution in [2.24, 2.45) is 10.7 Å². The molecule has 0 aromatic carbocycles. The molecule has 1 aliphatic heterocycles. The molecule has 0 bridgehead atoms. The van der Waals surface area contributed by atoms with Gasteiger partial charge in [-0.1, -0.05) is 0 Å². The molecule has 0 aliphatic carbocycles. The Morgan fingerprint density at radius 1 is 1.59 bits per heavy atom. The van der Waals surface area contributed by atoms with Crippen LogP contribution >= 0.6 is 29.5 Å². The summed E-state index contributed by atoms with van der Waals surface area (Å²) in [6, 6.07) is 0. The average Bonchev–Trinajstić information content (AvgIpc) is 2.43. The maximum absolute atomic E-state index is 11.5. The van der Waals surface area contributed by atoms with Crippen molar-refractivity contribution < 1.29 is 18.6 Å². The number of carbonyl (C=O) groups excluding carboxylic acids is 1. The van der Waals surface area contributed by atoms with Gasteiger partial charge in [0.05, 0.1) is 0 Å². The van der Waals surface area contributed by atoms with Crippen molar-refractivity contribution in [2.75, 3.05) is 26.4 Å². The minimum absolute atomic E-state index is 0.0495. The monoisotopic (exact) mass is 365 g/mol. The van der Waals surface area contributed by atoms with E-state index in [4.69, 9.17) is 27.5 Å². The van der Waals surface area contributed by atoms with Crippen molar-refractivity contribution >= 4 is 55.6 Å². The highest BCUT2D eigenvalue weighted by atomic mass is 32.2. The molecule has 0 aromatic rings. The van der Waals surface area contributed by atoms with E-state index in [9.17, 15) is 4.79 Å². The maximum Gasteiger partial charge on any atom is 0.564 e. The Morgan fingerprint density at radius 3 is 2.91 bits per heavy atom. The molecule has 22 heavy (non-hydrogen) atoms. The summed E-state index contributed by atoms with van der Waals surface area (Å²) in [5.41, 5.74) is 5.32. The Hall–Kier alpha value is 0.240. The lowest BCUT2D eigenvalue weighted by Gasteiger charge is -2.30. The summed E-state index contributed by atoms with van der Waals surface area (Å²) in [6.45, 7) is 0.962. The molecule has 1 saturated heterocycles. The average molecular weight is 365 g/mol. The molecular weight excluding hydrogens is 346 g/mol. The van der Waals surface area contributed by atoms with Crippen LogP contribution in [0, 0.1) is 0 Å². The van der Waals surface area contributed by atoms with Gasteiger partial charge in [-0.15, -0.1) is 11.8 Å². The second-order valence-electron chi connectivity index (χ2n) is 4.28. The van der Waals surface area contributed by atoms with Gasteiger partial charge in [0.2, 0.25) is 0 Å². The highest BCUT2D eigenvalue weighted by molar-refractivity contribution is 8.23. The predicted molar refractivity (Wildman–Crippen MR) is 94.1 cm³/mol. The summed E-state index contributed by atoms with van der Waals surface area (Å²) in [6.07, 6.45) is -0.408. The summed E-state index contributed by atoms with van der Waals surface area (Å²) in [5, 5.41) is 0. The highest BCUT2D eigenvalue weighted by Crippen LogP contribution is 2.24. The predicted octanol–water partition coefficient (Wildman–Crippen LogP) is -0.197. The van der Waals surface area contributed by atoms with E-state index in [2.05, 4.69) is 19.9 Å². The first-order chi connectivity index (χ1) is 10.5. The summed E-state index contributed by atoms with van der Waals surface area (Å²) in [4.78, 5) is 23.3. The Balaban J connectivity index is 2.37. The number of nitrogens with one attached hydrogen (secondary N) is 2. The van der Waals surface area contributed by atoms with Gasteiger partial charge in [-0.3, -0.25) is 10.7 Å². The second-order valence-corrected chi connectivity index (χ2v) is 7.43. The molecule has 0 aromatic heterocycles. The molecule has 1 amide bonds. The first-order valence-electron chi connectivity index (χ1n) is 6.37. The standard InChI is InChI=1S/C8H19B2N5O4P2S/c1-15(2)4-3-5-22-8(12-7(16)19-21-13-9)20-14-10-17-6(11)18-10/h6,13-14,20-21H,3-5,11H2,1-2H3. The van der Waals surface area contributed by atoms with Crippen LogP contribution in [0.25, 0.3) is 0 Å². The van der Waals surface area contributed by atoms with E-state index in [-0.39, 0.29) is 17.7 Å². The smallest absolute Gasteiger partial charge is 0.415 e. The zero-order chi connectivity index (χ0) is 16.4. The SMILES string of the molecule is [B]NPOC(=O)N=C(PNB1OC(N)O1)SCCCN(C)C. The van der Waals surface area contributed by atoms with Crippen LogP contribution in [0.3, 0.4) is 0 Å². The van der Waals surface area contributed by atoms with Crippen LogP contribution in [0.1, 0.15) is 6.42 Å². The zero-order valence-corrected chi connectivity index (χ0v) is 15.2. The van der Waals surface area contributed by atoms with Crippen molar-refractivity contribution in [2.45, 2.75) is 12.8 Å². The summed E-state index contributed by atoms with van der Waals surface area (Å²) >= 11 is 1.48. The van der Waals surface area contributed by atoms with Gasteiger partial charge in [0.25, 0.3) is 0 Å². The van der Waals surface area contributed by atoms with E-state index in [0.29, 0.717) is 4.78 Å². The number of nitrogens with zero attached hydrogens (tertiary/aromatic N) is 2. The molecule has 0 spiro atoms. The molecule has 14 heteroatoms. The summed E-state index contributed by atoms with van der Waals surface area (Å²) < 4.78 is 14.9. The van der Waals surface area contributed by atoms with Crippen LogP contribution in [-0.2, 0) is 13.8 Å². The van der Waals surface area contributed by atoms with Crippen molar-refractivity contribution in [3.05, 3.63) is 0 Å². The van der Waals surface area contributed by atoms with Gasteiger partial charge < -0.3 is 23.7 Å². The van der Waals surface area contributed by atoms with Crippen molar-refractivity contribution in [1.82, 2.24) is 14.9 Å². The fourth-order valence-corrected chi connectivity index (χ4v) is 3.36. The van der Waals surface area contributed by atoms with Gasteiger partial charge in [-0.2, -0.15) is 4.99 Å². The number of aliphatic imine (C=N–C) groups is 1. The molecule has 0 saturated carbocycles. The Bertz CT molecular complexity index is 378. The summed E-state index contributed by atoms with van der Waals surface area (Å²) in [5.74, 6) is 0.836. The lowest BCUT2D eigenvalue weighted by atomic mass is 10.1. The molecule has 1 aliphatic rings. The first-order valence-corrected chi connectivity index (χ1v) is 9.26. The number of rotatable bonds is 9. The van der Waals surface area contributed by atoms with Gasteiger partial charge in [0.1, 0.15) is 13.7 Å². The van der Waals surface area contributed by atoms with Crippen LogP contribution < -0.4 is 15.7 Å². The number of hydrogen-bond donors (Lipinski definition) is 3. The maximum atomic E-state index is 11.5. The van der Waals surface area contributed by atoms with Crippen LogP contribution in [0.15, 0.2) is 4.99 Å². The third kappa shape index (κ3) is 9.39. The van der Waals surface area contributed by atoms with Gasteiger partial charge in [-0.25, -0.2) is 4.79 Å². The third-order valence-corrected chi connectivity index (χ3v) is 4.89. The molecule has 122 valence electrons. The van der Waals surface area contributed by atoms with Gasteiger partial charge >= 0.3 is 13.3 Å². The van der Waals surface area contributed by atoms with Crippen molar-refractivity contribution in [1.29, 1.82) is 0 Å². The topological polar surface area (TPSA) is 110 Å². The van der Waals surface area contributed by atoms with E-state index in [1.54, 1.807) is 0 Å². The molecule has 1 fully saturated rings.